The van der Waals surface area contributed by atoms with Crippen LogP contribution in [0.2, 0.25) is 0 Å². The van der Waals surface area contributed by atoms with E-state index in [-0.39, 0.29) is 24.1 Å². The average molecular weight is 261 g/mol. The summed E-state index contributed by atoms with van der Waals surface area (Å²) in [5.74, 6) is -0.914. The number of amides is 2. The van der Waals surface area contributed by atoms with E-state index in [1.54, 1.807) is 11.0 Å². The minimum absolute atomic E-state index is 0.143. The number of rotatable bonds is 1. The monoisotopic (exact) mass is 261 g/mol. The molecule has 19 heavy (non-hydrogen) atoms. The summed E-state index contributed by atoms with van der Waals surface area (Å²) in [5.41, 5.74) is 1.35. The summed E-state index contributed by atoms with van der Waals surface area (Å²) in [4.78, 5) is 24.6. The van der Waals surface area contributed by atoms with Crippen LogP contribution < -0.4 is 5.32 Å². The van der Waals surface area contributed by atoms with E-state index >= 15 is 0 Å². The van der Waals surface area contributed by atoms with Gasteiger partial charge in [0.25, 0.3) is 0 Å². The fourth-order valence-corrected chi connectivity index (χ4v) is 2.57. The van der Waals surface area contributed by atoms with Crippen molar-refractivity contribution in [1.82, 2.24) is 10.2 Å². The number of hydrogen-bond acceptors (Lipinski definition) is 3. The van der Waals surface area contributed by atoms with Gasteiger partial charge in [-0.05, 0) is 24.1 Å². The van der Waals surface area contributed by atoms with Gasteiger partial charge in [0.05, 0.1) is 0 Å². The van der Waals surface area contributed by atoms with Gasteiger partial charge in [-0.3, -0.25) is 20.3 Å². The number of carbonyl (C=O) groups is 2. The van der Waals surface area contributed by atoms with Crippen molar-refractivity contribution < 1.29 is 14.0 Å². The Morgan fingerprint density at radius 2 is 2.16 bits per heavy atom. The maximum absolute atomic E-state index is 13.2. The Labute approximate surface area is 108 Å². The standard InChI is InChI=1S/C13H12FN3O2/c14-8-2-1-7-6-17(12(15)9(7)5-8)10-3-4-11(18)16-13(10)19/h1-2,5,10,15H,3-4,6H2,(H,16,18,19). The molecule has 98 valence electrons. The highest BCUT2D eigenvalue weighted by atomic mass is 19.1. The molecule has 0 aliphatic carbocycles. The third kappa shape index (κ3) is 1.89. The van der Waals surface area contributed by atoms with Gasteiger partial charge in [-0.2, -0.15) is 0 Å². The van der Waals surface area contributed by atoms with Gasteiger partial charge in [0.15, 0.2) is 0 Å². The molecule has 0 radical (unpaired) electrons. The zero-order valence-electron chi connectivity index (χ0n) is 10.1. The Bertz CT molecular complexity index is 600. The average Bonchev–Trinajstić information content (AvgIpc) is 2.67. The maximum atomic E-state index is 13.2. The van der Waals surface area contributed by atoms with Gasteiger partial charge in [0.1, 0.15) is 17.7 Å². The predicted octanol–water partition coefficient (Wildman–Crippen LogP) is 0.772. The fourth-order valence-electron chi connectivity index (χ4n) is 2.57. The maximum Gasteiger partial charge on any atom is 0.249 e. The lowest BCUT2D eigenvalue weighted by molar-refractivity contribution is -0.136. The number of benzene rings is 1. The van der Waals surface area contributed by atoms with Gasteiger partial charge in [-0.15, -0.1) is 0 Å². The second-order valence-electron chi connectivity index (χ2n) is 4.74. The molecule has 1 atom stereocenters. The van der Waals surface area contributed by atoms with E-state index < -0.39 is 11.9 Å². The summed E-state index contributed by atoms with van der Waals surface area (Å²) in [6, 6.07) is 3.76. The number of piperidine rings is 1. The summed E-state index contributed by atoms with van der Waals surface area (Å²) in [6.07, 6.45) is 0.661. The van der Waals surface area contributed by atoms with Crippen LogP contribution in [-0.4, -0.2) is 28.6 Å². The molecule has 2 heterocycles. The molecule has 2 aliphatic rings. The number of nitrogens with one attached hydrogen (secondary N) is 2. The molecule has 1 fully saturated rings. The molecule has 1 saturated heterocycles. The summed E-state index contributed by atoms with van der Waals surface area (Å²) >= 11 is 0. The smallest absolute Gasteiger partial charge is 0.249 e. The number of hydrogen-bond donors (Lipinski definition) is 2. The molecule has 1 unspecified atom stereocenters. The van der Waals surface area contributed by atoms with Crippen molar-refractivity contribution in [3.8, 4) is 0 Å². The van der Waals surface area contributed by atoms with E-state index in [0.29, 0.717) is 18.5 Å². The summed E-state index contributed by atoms with van der Waals surface area (Å²) in [6.45, 7) is 0.403. The molecule has 0 bridgehead atoms. The molecule has 1 aromatic carbocycles. The summed E-state index contributed by atoms with van der Waals surface area (Å²) in [5, 5.41) is 10.3. The summed E-state index contributed by atoms with van der Waals surface area (Å²) < 4.78 is 13.2. The van der Waals surface area contributed by atoms with Crippen molar-refractivity contribution in [3.63, 3.8) is 0 Å². The van der Waals surface area contributed by atoms with E-state index in [0.717, 1.165) is 5.56 Å². The third-order valence-electron chi connectivity index (χ3n) is 3.54. The van der Waals surface area contributed by atoms with Crippen LogP contribution in [-0.2, 0) is 16.1 Å². The SMILES string of the molecule is N=C1c2cc(F)ccc2CN1C1CCC(=O)NC1=O. The molecule has 0 saturated carbocycles. The highest BCUT2D eigenvalue weighted by Gasteiger charge is 2.37. The largest absolute Gasteiger partial charge is 0.340 e. The Balaban J connectivity index is 1.88. The van der Waals surface area contributed by atoms with E-state index in [9.17, 15) is 14.0 Å². The van der Waals surface area contributed by atoms with Gasteiger partial charge in [0.2, 0.25) is 11.8 Å². The van der Waals surface area contributed by atoms with Crippen molar-refractivity contribution in [2.75, 3.05) is 0 Å². The Kier molecular flexibility index (Phi) is 2.58. The number of amidine groups is 1. The highest BCUT2D eigenvalue weighted by molar-refractivity contribution is 6.06. The van der Waals surface area contributed by atoms with Gasteiger partial charge in [0, 0.05) is 18.5 Å². The van der Waals surface area contributed by atoms with Crippen LogP contribution in [0.5, 0.6) is 0 Å². The Morgan fingerprint density at radius 3 is 2.89 bits per heavy atom. The van der Waals surface area contributed by atoms with Crippen LogP contribution in [0.4, 0.5) is 4.39 Å². The van der Waals surface area contributed by atoms with Crippen molar-refractivity contribution in [3.05, 3.63) is 35.1 Å². The van der Waals surface area contributed by atoms with Crippen LogP contribution in [0.15, 0.2) is 18.2 Å². The molecule has 0 spiro atoms. The molecule has 3 rings (SSSR count). The summed E-state index contributed by atoms with van der Waals surface area (Å²) in [7, 11) is 0. The van der Waals surface area contributed by atoms with Gasteiger partial charge >= 0.3 is 0 Å². The van der Waals surface area contributed by atoms with Crippen molar-refractivity contribution in [2.45, 2.75) is 25.4 Å². The molecular weight excluding hydrogens is 249 g/mol. The Morgan fingerprint density at radius 1 is 1.37 bits per heavy atom. The first-order chi connectivity index (χ1) is 9.06. The van der Waals surface area contributed by atoms with Gasteiger partial charge in [-0.1, -0.05) is 6.07 Å². The zero-order chi connectivity index (χ0) is 13.6. The highest BCUT2D eigenvalue weighted by Crippen LogP contribution is 2.27. The van der Waals surface area contributed by atoms with Crippen LogP contribution in [0.3, 0.4) is 0 Å². The molecule has 2 N–H and O–H groups in total. The predicted molar refractivity (Wildman–Crippen MR) is 64.9 cm³/mol. The number of halogens is 1. The second-order valence-corrected chi connectivity index (χ2v) is 4.74. The molecule has 0 aromatic heterocycles. The van der Waals surface area contributed by atoms with Crippen molar-refractivity contribution in [2.24, 2.45) is 0 Å². The van der Waals surface area contributed by atoms with E-state index in [1.807, 2.05) is 0 Å². The fraction of sp³-hybridized carbons (Fsp3) is 0.308. The number of fused-ring (bicyclic) bond motifs is 1. The van der Waals surface area contributed by atoms with Crippen LogP contribution >= 0.6 is 0 Å². The second kappa shape index (κ2) is 4.15. The lowest BCUT2D eigenvalue weighted by Crippen LogP contribution is -2.52. The first-order valence-corrected chi connectivity index (χ1v) is 6.04. The molecular formula is C13H12FN3O2. The third-order valence-corrected chi connectivity index (χ3v) is 3.54. The van der Waals surface area contributed by atoms with Gasteiger partial charge < -0.3 is 4.90 Å². The minimum atomic E-state index is -0.527. The number of nitrogens with zero attached hydrogens (tertiary/aromatic N) is 1. The number of imide groups is 1. The van der Waals surface area contributed by atoms with Crippen molar-refractivity contribution in [1.29, 1.82) is 5.41 Å². The first-order valence-electron chi connectivity index (χ1n) is 6.04. The Hall–Kier alpha value is -2.24. The van der Waals surface area contributed by atoms with Crippen molar-refractivity contribution >= 4 is 17.6 Å². The van der Waals surface area contributed by atoms with E-state index in [1.165, 1.54) is 12.1 Å². The van der Waals surface area contributed by atoms with Crippen LogP contribution in [0, 0.1) is 11.2 Å². The lowest BCUT2D eigenvalue weighted by atomic mass is 10.0. The quantitative estimate of drug-likeness (QED) is 0.733. The minimum Gasteiger partial charge on any atom is -0.340 e. The van der Waals surface area contributed by atoms with Crippen LogP contribution in [0.25, 0.3) is 0 Å². The molecule has 6 heteroatoms. The molecule has 5 nitrogen and oxygen atoms in total. The topological polar surface area (TPSA) is 73.3 Å². The zero-order valence-corrected chi connectivity index (χ0v) is 10.1. The molecule has 2 aliphatic heterocycles. The van der Waals surface area contributed by atoms with E-state index in [2.05, 4.69) is 5.32 Å². The lowest BCUT2D eigenvalue weighted by Gasteiger charge is -2.30. The normalized spacial score (nSPS) is 22.5. The molecule has 1 aromatic rings. The van der Waals surface area contributed by atoms with Gasteiger partial charge in [-0.25, -0.2) is 4.39 Å². The number of carbonyl (C=O) groups excluding carboxylic acids is 2. The van der Waals surface area contributed by atoms with E-state index in [4.69, 9.17) is 5.41 Å². The molecule has 2 amide bonds. The first kappa shape index (κ1) is 11.8. The van der Waals surface area contributed by atoms with Crippen LogP contribution in [0.1, 0.15) is 24.0 Å².